The van der Waals surface area contributed by atoms with E-state index in [4.69, 9.17) is 33.0 Å². The van der Waals surface area contributed by atoms with E-state index in [-0.39, 0.29) is 45.8 Å². The highest BCUT2D eigenvalue weighted by Crippen LogP contribution is 2.54. The van der Waals surface area contributed by atoms with Gasteiger partial charge in [0, 0.05) is 40.1 Å². The monoisotopic (exact) mass is 666 g/mol. The third-order valence-electron chi connectivity index (χ3n) is 6.65. The summed E-state index contributed by atoms with van der Waals surface area (Å²) in [6.45, 7) is 4.34. The molecule has 0 atom stereocenters. The van der Waals surface area contributed by atoms with Gasteiger partial charge in [0.2, 0.25) is 0 Å². The molecule has 0 amide bonds. The maximum atomic E-state index is 14.8. The number of rotatable bonds is 10. The summed E-state index contributed by atoms with van der Waals surface area (Å²) in [5.74, 6) is -3.05. The van der Waals surface area contributed by atoms with Gasteiger partial charge in [-0.05, 0) is 62.2 Å². The Morgan fingerprint density at radius 1 is 0.818 bits per heavy atom. The van der Waals surface area contributed by atoms with Crippen molar-refractivity contribution in [3.05, 3.63) is 97.5 Å². The Hall–Kier alpha value is -3.64. The topological polar surface area (TPSA) is 80.7 Å². The zero-order chi connectivity index (χ0) is 33.4. The van der Waals surface area contributed by atoms with Crippen LogP contribution in [0.1, 0.15) is 67.2 Å². The Bertz CT molecular complexity index is 1600. The molecule has 0 saturated carbocycles. The molecule has 0 saturated heterocycles. The minimum absolute atomic E-state index is 0.0387. The normalized spacial score (nSPS) is 12.4. The molecule has 0 unspecified atom stereocenters. The van der Waals surface area contributed by atoms with Crippen LogP contribution in [0.15, 0.2) is 48.5 Å². The number of carboxylic acids is 1. The largest absolute Gasteiger partial charge is 0.491 e. The first-order valence-corrected chi connectivity index (χ1v) is 13.4. The van der Waals surface area contributed by atoms with Gasteiger partial charge in [0.05, 0.1) is 16.7 Å². The van der Waals surface area contributed by atoms with Crippen LogP contribution in [-0.4, -0.2) is 41.1 Å². The second-order valence-electron chi connectivity index (χ2n) is 10.0. The maximum Gasteiger partial charge on any atom is 0.435 e. The highest BCUT2D eigenvalue weighted by Gasteiger charge is 2.73. The van der Waals surface area contributed by atoms with Crippen molar-refractivity contribution in [1.29, 1.82) is 0 Å². The van der Waals surface area contributed by atoms with E-state index in [1.54, 1.807) is 6.07 Å². The summed E-state index contributed by atoms with van der Waals surface area (Å²) in [5, 5.41) is 8.24. The van der Waals surface area contributed by atoms with Gasteiger partial charge >= 0.3 is 24.0 Å². The Kier molecular flexibility index (Phi) is 10.1. The van der Waals surface area contributed by atoms with Crippen LogP contribution in [0, 0.1) is 6.92 Å². The van der Waals surface area contributed by atoms with Crippen LogP contribution in [0.3, 0.4) is 0 Å². The minimum atomic E-state index is -6.39. The van der Waals surface area contributed by atoms with Crippen molar-refractivity contribution < 1.29 is 55.0 Å². The number of hydrogen-bond acceptors (Lipinski definition) is 4. The first-order chi connectivity index (χ1) is 20.2. The third kappa shape index (κ3) is 7.02. The lowest BCUT2D eigenvalue weighted by molar-refractivity contribution is -0.348. The van der Waals surface area contributed by atoms with Crippen molar-refractivity contribution in [2.75, 3.05) is 0 Å². The number of carboxylic acid groups (broad SMARTS) is 1. The van der Waals surface area contributed by atoms with Crippen molar-refractivity contribution in [3.63, 3.8) is 0 Å². The van der Waals surface area contributed by atoms with Gasteiger partial charge in [0.15, 0.2) is 11.6 Å². The van der Waals surface area contributed by atoms with Crippen LogP contribution >= 0.6 is 23.2 Å². The minimum Gasteiger partial charge on any atom is -0.491 e. The van der Waals surface area contributed by atoms with Crippen molar-refractivity contribution in [2.24, 2.45) is 0 Å². The molecule has 0 bridgehead atoms. The molecule has 44 heavy (non-hydrogen) atoms. The number of ketones is 2. The fraction of sp³-hybridized carbons (Fsp3) is 0.300. The van der Waals surface area contributed by atoms with Crippen LogP contribution in [0.2, 0.25) is 10.0 Å². The fourth-order valence-corrected chi connectivity index (χ4v) is 4.97. The summed E-state index contributed by atoms with van der Waals surface area (Å²) in [4.78, 5) is 37.5. The quantitative estimate of drug-likeness (QED) is 0.173. The van der Waals surface area contributed by atoms with Crippen LogP contribution in [0.25, 0.3) is 0 Å². The molecule has 0 aliphatic rings. The summed E-state index contributed by atoms with van der Waals surface area (Å²) in [5.41, 5.74) is -7.21. The molecule has 0 aliphatic carbocycles. The molecule has 14 heteroatoms. The average molecular weight is 667 g/mol. The van der Waals surface area contributed by atoms with Gasteiger partial charge in [0.25, 0.3) is 0 Å². The Morgan fingerprint density at radius 2 is 1.41 bits per heavy atom. The molecule has 0 spiro atoms. The Labute approximate surface area is 256 Å². The molecule has 1 N–H and O–H groups in total. The maximum absolute atomic E-state index is 14.8. The average Bonchev–Trinajstić information content (AvgIpc) is 2.89. The summed E-state index contributed by atoms with van der Waals surface area (Å²) < 4.78 is 101. The molecule has 0 aromatic heterocycles. The molecular formula is C30H23Cl2F7O5. The standard InChI is InChI=1S/C30H23Cl2F7O5/c1-14(2)44-26-12-18(28(33,29(34,35)36)30(37,38)39)11-23(32)21(26)13-25(41)19-6-4-5-16(15(19)3)10-24(40)20-8-7-17(27(42)43)9-22(20)31/h4-9,11-12,14H,10,13H2,1-3H3,(H,42,43). The van der Waals surface area contributed by atoms with Gasteiger partial charge in [-0.25, -0.2) is 9.18 Å². The smallest absolute Gasteiger partial charge is 0.435 e. The number of aromatic carboxylic acids is 1. The predicted molar refractivity (Wildman–Crippen MR) is 148 cm³/mol. The predicted octanol–water partition coefficient (Wildman–Crippen LogP) is 8.93. The summed E-state index contributed by atoms with van der Waals surface area (Å²) in [6, 6.07) is 8.38. The lowest BCUT2D eigenvalue weighted by Crippen LogP contribution is -2.50. The van der Waals surface area contributed by atoms with Gasteiger partial charge in [0.1, 0.15) is 5.75 Å². The van der Waals surface area contributed by atoms with E-state index in [9.17, 15) is 45.1 Å². The SMILES string of the molecule is Cc1c(CC(=O)c2ccc(C(=O)O)cc2Cl)cccc1C(=O)Cc1c(Cl)cc(C(F)(C(F)(F)F)C(F)(F)F)cc1OC(C)C. The van der Waals surface area contributed by atoms with Gasteiger partial charge in [-0.15, -0.1) is 0 Å². The molecule has 0 aliphatic heterocycles. The van der Waals surface area contributed by atoms with Gasteiger partial charge in [-0.2, -0.15) is 26.3 Å². The van der Waals surface area contributed by atoms with Crippen LogP contribution in [-0.2, 0) is 18.5 Å². The van der Waals surface area contributed by atoms with E-state index < -0.39 is 64.4 Å². The van der Waals surface area contributed by atoms with Crippen LogP contribution < -0.4 is 4.74 Å². The van der Waals surface area contributed by atoms with E-state index in [2.05, 4.69) is 0 Å². The van der Waals surface area contributed by atoms with Gasteiger partial charge in [-0.1, -0.05) is 41.4 Å². The van der Waals surface area contributed by atoms with E-state index >= 15 is 0 Å². The van der Waals surface area contributed by atoms with Gasteiger partial charge in [-0.3, -0.25) is 9.59 Å². The number of alkyl halides is 7. The first-order valence-electron chi connectivity index (χ1n) is 12.7. The van der Waals surface area contributed by atoms with Crippen molar-refractivity contribution >= 4 is 40.7 Å². The lowest BCUT2D eigenvalue weighted by Gasteiger charge is -2.31. The third-order valence-corrected chi connectivity index (χ3v) is 7.30. The molecule has 3 rings (SSSR count). The second-order valence-corrected chi connectivity index (χ2v) is 10.9. The Morgan fingerprint density at radius 3 is 1.93 bits per heavy atom. The zero-order valence-corrected chi connectivity index (χ0v) is 24.6. The van der Waals surface area contributed by atoms with E-state index in [0.717, 1.165) is 6.07 Å². The number of carbonyl (C=O) groups is 3. The number of carbonyl (C=O) groups excluding carboxylic acids is 2. The molecule has 0 heterocycles. The van der Waals surface area contributed by atoms with Crippen molar-refractivity contribution in [2.45, 2.75) is 57.7 Å². The van der Waals surface area contributed by atoms with Crippen molar-refractivity contribution in [3.8, 4) is 5.75 Å². The highest BCUT2D eigenvalue weighted by molar-refractivity contribution is 6.34. The molecule has 0 radical (unpaired) electrons. The number of halogens is 9. The van der Waals surface area contributed by atoms with Gasteiger partial charge < -0.3 is 9.84 Å². The van der Waals surface area contributed by atoms with Crippen LogP contribution in [0.4, 0.5) is 30.7 Å². The molecule has 3 aromatic carbocycles. The first kappa shape index (κ1) is 34.8. The fourth-order valence-electron chi connectivity index (χ4n) is 4.40. The number of hydrogen-bond donors (Lipinski definition) is 1. The lowest BCUT2D eigenvalue weighted by atomic mass is 9.90. The zero-order valence-electron chi connectivity index (χ0n) is 23.1. The van der Waals surface area contributed by atoms with E-state index in [1.807, 2.05) is 0 Å². The second kappa shape index (κ2) is 12.8. The summed E-state index contributed by atoms with van der Waals surface area (Å²) >= 11 is 12.2. The number of ether oxygens (including phenoxy) is 1. The Balaban J connectivity index is 2.00. The van der Waals surface area contributed by atoms with E-state index in [0.29, 0.717) is 11.1 Å². The van der Waals surface area contributed by atoms with Crippen molar-refractivity contribution in [1.82, 2.24) is 0 Å². The van der Waals surface area contributed by atoms with Crippen LogP contribution in [0.5, 0.6) is 5.75 Å². The molecule has 0 fully saturated rings. The number of benzene rings is 3. The molecule has 236 valence electrons. The summed E-state index contributed by atoms with van der Waals surface area (Å²) in [6.07, 6.45) is -14.5. The number of Topliss-reactive ketones (excluding diaryl/α,β-unsaturated/α-hetero) is 2. The molecular weight excluding hydrogens is 644 g/mol. The molecule has 3 aromatic rings. The molecule has 5 nitrogen and oxygen atoms in total. The van der Waals surface area contributed by atoms with E-state index in [1.165, 1.54) is 45.0 Å². The highest BCUT2D eigenvalue weighted by atomic mass is 35.5. The summed E-state index contributed by atoms with van der Waals surface area (Å²) in [7, 11) is 0.